The number of rotatable bonds is 6. The van der Waals surface area contributed by atoms with Crippen LogP contribution in [0.5, 0.6) is 0 Å². The molecule has 29 heavy (non-hydrogen) atoms. The highest BCUT2D eigenvalue weighted by Gasteiger charge is 2.20. The van der Waals surface area contributed by atoms with Gasteiger partial charge in [0.2, 0.25) is 5.91 Å². The van der Waals surface area contributed by atoms with Gasteiger partial charge in [-0.1, -0.05) is 42.3 Å². The molecule has 8 heteroatoms. The fourth-order valence-electron chi connectivity index (χ4n) is 3.90. The lowest BCUT2D eigenvalue weighted by Gasteiger charge is -2.36. The fraction of sp³-hybridized carbons (Fsp3) is 0.476. The molecule has 154 valence electrons. The number of carbonyl (C=O) groups is 1. The molecule has 1 aromatic carbocycles. The van der Waals surface area contributed by atoms with E-state index in [1.165, 1.54) is 24.6 Å². The monoisotopic (exact) mass is 431 g/mol. The van der Waals surface area contributed by atoms with Crippen molar-refractivity contribution in [3.05, 3.63) is 41.4 Å². The number of hydrogen-bond acceptors (Lipinski definition) is 6. The number of thioether (sulfide) groups is 1. The summed E-state index contributed by atoms with van der Waals surface area (Å²) in [4.78, 5) is 16.6. The SMILES string of the molecule is O=C(CSc1ccc(N2CCN(c3cccc(Cl)c3)CC2)nn1)NC1CCCC1. The first-order valence-corrected chi connectivity index (χ1v) is 11.5. The second-order valence-corrected chi connectivity index (χ2v) is 8.95. The molecule has 4 rings (SSSR count). The van der Waals surface area contributed by atoms with Gasteiger partial charge in [0.1, 0.15) is 5.03 Å². The van der Waals surface area contributed by atoms with Crippen molar-refractivity contribution in [3.8, 4) is 0 Å². The number of amides is 1. The summed E-state index contributed by atoms with van der Waals surface area (Å²) < 4.78 is 0. The van der Waals surface area contributed by atoms with Crippen LogP contribution in [0.15, 0.2) is 41.4 Å². The maximum absolute atomic E-state index is 12.1. The lowest BCUT2D eigenvalue weighted by Crippen LogP contribution is -2.46. The molecule has 1 aliphatic heterocycles. The van der Waals surface area contributed by atoms with Crippen LogP contribution in [0, 0.1) is 0 Å². The van der Waals surface area contributed by atoms with E-state index in [4.69, 9.17) is 11.6 Å². The molecule has 2 aliphatic rings. The van der Waals surface area contributed by atoms with Crippen LogP contribution in [-0.4, -0.2) is 54.1 Å². The third kappa shape index (κ3) is 5.54. The molecule has 1 N–H and O–H groups in total. The van der Waals surface area contributed by atoms with E-state index in [9.17, 15) is 4.79 Å². The van der Waals surface area contributed by atoms with E-state index in [2.05, 4.69) is 31.4 Å². The van der Waals surface area contributed by atoms with Gasteiger partial charge in [-0.05, 0) is 43.2 Å². The maximum Gasteiger partial charge on any atom is 0.230 e. The molecular weight excluding hydrogens is 406 g/mol. The van der Waals surface area contributed by atoms with Crippen molar-refractivity contribution in [2.24, 2.45) is 0 Å². The van der Waals surface area contributed by atoms with Crippen LogP contribution >= 0.6 is 23.4 Å². The topological polar surface area (TPSA) is 61.4 Å². The first-order valence-electron chi connectivity index (χ1n) is 10.2. The summed E-state index contributed by atoms with van der Waals surface area (Å²) in [5, 5.41) is 13.3. The van der Waals surface area contributed by atoms with Gasteiger partial charge in [0.25, 0.3) is 0 Å². The van der Waals surface area contributed by atoms with Gasteiger partial charge in [0.05, 0.1) is 5.75 Å². The zero-order valence-corrected chi connectivity index (χ0v) is 18.0. The van der Waals surface area contributed by atoms with Gasteiger partial charge < -0.3 is 15.1 Å². The number of anilines is 2. The number of nitrogens with zero attached hydrogens (tertiary/aromatic N) is 4. The second kappa shape index (κ2) is 9.67. The summed E-state index contributed by atoms with van der Waals surface area (Å²) in [5.74, 6) is 1.36. The highest BCUT2D eigenvalue weighted by molar-refractivity contribution is 7.99. The molecule has 0 unspecified atom stereocenters. The van der Waals surface area contributed by atoms with Crippen LogP contribution < -0.4 is 15.1 Å². The molecule has 1 saturated heterocycles. The van der Waals surface area contributed by atoms with Gasteiger partial charge in [-0.2, -0.15) is 0 Å². The number of carbonyl (C=O) groups excluding carboxylic acids is 1. The highest BCUT2D eigenvalue weighted by Crippen LogP contribution is 2.23. The Morgan fingerprint density at radius 1 is 1.07 bits per heavy atom. The van der Waals surface area contributed by atoms with E-state index in [1.807, 2.05) is 30.3 Å². The molecule has 2 heterocycles. The zero-order chi connectivity index (χ0) is 20.1. The largest absolute Gasteiger partial charge is 0.368 e. The Balaban J connectivity index is 1.24. The van der Waals surface area contributed by atoms with Gasteiger partial charge >= 0.3 is 0 Å². The van der Waals surface area contributed by atoms with E-state index in [1.54, 1.807) is 0 Å². The van der Waals surface area contributed by atoms with Crippen LogP contribution in [0.25, 0.3) is 0 Å². The van der Waals surface area contributed by atoms with E-state index in [0.29, 0.717) is 11.8 Å². The quantitative estimate of drug-likeness (QED) is 0.705. The standard InChI is InChI=1S/C21H26ClN5OS/c22-16-4-3-7-18(14-16)26-10-12-27(13-11-26)19-8-9-21(25-24-19)29-15-20(28)23-17-5-1-2-6-17/h3-4,7-9,14,17H,1-2,5-6,10-13,15H2,(H,23,28). The Kier molecular flexibility index (Phi) is 6.77. The molecule has 0 spiro atoms. The van der Waals surface area contributed by atoms with Crippen molar-refractivity contribution in [2.75, 3.05) is 41.7 Å². The highest BCUT2D eigenvalue weighted by atomic mass is 35.5. The summed E-state index contributed by atoms with van der Waals surface area (Å²) in [6, 6.07) is 12.3. The smallest absolute Gasteiger partial charge is 0.230 e. The van der Waals surface area contributed by atoms with Crippen LogP contribution in [0.1, 0.15) is 25.7 Å². The number of piperazine rings is 1. The Morgan fingerprint density at radius 2 is 1.83 bits per heavy atom. The third-order valence-electron chi connectivity index (χ3n) is 5.47. The lowest BCUT2D eigenvalue weighted by molar-refractivity contribution is -0.119. The molecule has 1 aliphatic carbocycles. The molecule has 1 aromatic heterocycles. The minimum Gasteiger partial charge on any atom is -0.368 e. The normalized spacial score (nSPS) is 17.6. The molecule has 0 bridgehead atoms. The van der Waals surface area contributed by atoms with Crippen LogP contribution in [-0.2, 0) is 4.79 Å². The van der Waals surface area contributed by atoms with E-state index < -0.39 is 0 Å². The van der Waals surface area contributed by atoms with Crippen molar-refractivity contribution in [1.29, 1.82) is 0 Å². The Bertz CT molecular complexity index is 820. The fourth-order valence-corrected chi connectivity index (χ4v) is 4.71. The summed E-state index contributed by atoms with van der Waals surface area (Å²) in [5.41, 5.74) is 1.16. The van der Waals surface area contributed by atoms with Crippen molar-refractivity contribution < 1.29 is 4.79 Å². The molecule has 2 fully saturated rings. The average Bonchev–Trinajstić information content (AvgIpc) is 3.26. The van der Waals surface area contributed by atoms with Crippen molar-refractivity contribution in [2.45, 2.75) is 36.8 Å². The third-order valence-corrected chi connectivity index (χ3v) is 6.63. The summed E-state index contributed by atoms with van der Waals surface area (Å²) in [6.07, 6.45) is 4.65. The minimum absolute atomic E-state index is 0.0879. The van der Waals surface area contributed by atoms with Gasteiger partial charge in [0, 0.05) is 42.9 Å². The molecular formula is C21H26ClN5OS. The molecule has 1 saturated carbocycles. The summed E-state index contributed by atoms with van der Waals surface area (Å²) in [6.45, 7) is 3.61. The second-order valence-electron chi connectivity index (χ2n) is 7.52. The lowest BCUT2D eigenvalue weighted by atomic mass is 10.2. The van der Waals surface area contributed by atoms with E-state index in [-0.39, 0.29) is 5.91 Å². The van der Waals surface area contributed by atoms with Crippen LogP contribution in [0.2, 0.25) is 5.02 Å². The van der Waals surface area contributed by atoms with E-state index in [0.717, 1.165) is 60.6 Å². The minimum atomic E-state index is 0.0879. The first-order chi connectivity index (χ1) is 14.2. The van der Waals surface area contributed by atoms with Crippen molar-refractivity contribution >= 4 is 40.8 Å². The summed E-state index contributed by atoms with van der Waals surface area (Å²) in [7, 11) is 0. The molecule has 0 atom stereocenters. The number of benzene rings is 1. The Morgan fingerprint density at radius 3 is 2.52 bits per heavy atom. The van der Waals surface area contributed by atoms with Crippen molar-refractivity contribution in [3.63, 3.8) is 0 Å². The van der Waals surface area contributed by atoms with Crippen LogP contribution in [0.3, 0.4) is 0 Å². The van der Waals surface area contributed by atoms with E-state index >= 15 is 0 Å². The Labute approximate surface area is 181 Å². The number of nitrogens with one attached hydrogen (secondary N) is 1. The predicted molar refractivity (Wildman–Crippen MR) is 119 cm³/mol. The first kappa shape index (κ1) is 20.3. The van der Waals surface area contributed by atoms with Crippen molar-refractivity contribution in [1.82, 2.24) is 15.5 Å². The number of aromatic nitrogens is 2. The number of halogens is 1. The molecule has 0 radical (unpaired) electrons. The average molecular weight is 432 g/mol. The molecule has 1 amide bonds. The molecule has 2 aromatic rings. The number of hydrogen-bond donors (Lipinski definition) is 1. The summed E-state index contributed by atoms with van der Waals surface area (Å²) >= 11 is 7.55. The van der Waals surface area contributed by atoms with Crippen LogP contribution in [0.4, 0.5) is 11.5 Å². The predicted octanol–water partition coefficient (Wildman–Crippen LogP) is 3.61. The molecule has 6 nitrogen and oxygen atoms in total. The zero-order valence-electron chi connectivity index (χ0n) is 16.4. The van der Waals surface area contributed by atoms with Gasteiger partial charge in [-0.3, -0.25) is 4.79 Å². The van der Waals surface area contributed by atoms with Gasteiger partial charge in [-0.25, -0.2) is 0 Å². The van der Waals surface area contributed by atoms with Gasteiger partial charge in [-0.15, -0.1) is 10.2 Å². The van der Waals surface area contributed by atoms with Gasteiger partial charge in [0.15, 0.2) is 5.82 Å². The maximum atomic E-state index is 12.1. The Hall–Kier alpha value is -1.99.